The largest absolute Gasteiger partial charge is 0.497 e. The average molecular weight is 478 g/mol. The highest BCUT2D eigenvalue weighted by molar-refractivity contribution is 7.80. The number of nitrogens with one attached hydrogen (secondary N) is 3. The van der Waals surface area contributed by atoms with Crippen LogP contribution >= 0.6 is 23.8 Å². The number of hydrogen-bond donors (Lipinski definition) is 3. The summed E-state index contributed by atoms with van der Waals surface area (Å²) in [6.45, 7) is 1.78. The standard InChI is InChI=1S/C22H24ClN3O5S/c1-11-19(21(27)25-15-10-17(30-4)14(23)9-18(15)31-5)20(26-22(32)24-11)13-7-6-12(28-2)8-16(13)29-3/h6-10,20H,1-5H3,(H,25,27)(H2,24,26,32)/t20-/m0/s1. The zero-order valence-corrected chi connectivity index (χ0v) is 19.9. The van der Waals surface area contributed by atoms with Crippen LogP contribution in [0, 0.1) is 0 Å². The number of amides is 1. The van der Waals surface area contributed by atoms with Crippen molar-refractivity contribution in [2.24, 2.45) is 0 Å². The van der Waals surface area contributed by atoms with Gasteiger partial charge in [0.2, 0.25) is 0 Å². The summed E-state index contributed by atoms with van der Waals surface area (Å²) in [6.07, 6.45) is 0. The van der Waals surface area contributed by atoms with E-state index in [0.29, 0.717) is 50.1 Å². The second kappa shape index (κ2) is 9.97. The molecule has 0 spiro atoms. The Bertz CT molecular complexity index is 1090. The Balaban J connectivity index is 2.04. The highest BCUT2D eigenvalue weighted by Gasteiger charge is 2.32. The second-order valence-electron chi connectivity index (χ2n) is 6.82. The first kappa shape index (κ1) is 23.5. The Kier molecular flexibility index (Phi) is 7.32. The molecule has 0 saturated carbocycles. The number of anilines is 1. The van der Waals surface area contributed by atoms with E-state index >= 15 is 0 Å². The number of carbonyl (C=O) groups is 1. The van der Waals surface area contributed by atoms with Gasteiger partial charge in [0.05, 0.1) is 50.8 Å². The first-order valence-electron chi connectivity index (χ1n) is 9.56. The Morgan fingerprint density at radius 2 is 1.69 bits per heavy atom. The zero-order chi connectivity index (χ0) is 23.4. The number of benzene rings is 2. The first-order chi connectivity index (χ1) is 15.3. The molecule has 170 valence electrons. The van der Waals surface area contributed by atoms with Crippen molar-refractivity contribution in [1.82, 2.24) is 10.6 Å². The minimum absolute atomic E-state index is 0.365. The maximum Gasteiger partial charge on any atom is 0.255 e. The lowest BCUT2D eigenvalue weighted by atomic mass is 9.94. The molecule has 2 aromatic carbocycles. The molecule has 0 unspecified atom stereocenters. The van der Waals surface area contributed by atoms with Crippen LogP contribution in [0.2, 0.25) is 5.02 Å². The van der Waals surface area contributed by atoms with Crippen molar-refractivity contribution < 1.29 is 23.7 Å². The van der Waals surface area contributed by atoms with Gasteiger partial charge in [0, 0.05) is 29.5 Å². The lowest BCUT2D eigenvalue weighted by Gasteiger charge is -2.31. The summed E-state index contributed by atoms with van der Waals surface area (Å²) < 4.78 is 21.5. The highest BCUT2D eigenvalue weighted by atomic mass is 35.5. The fourth-order valence-corrected chi connectivity index (χ4v) is 3.93. The van der Waals surface area contributed by atoms with Gasteiger partial charge in [-0.05, 0) is 31.3 Å². The quantitative estimate of drug-likeness (QED) is 0.519. The molecule has 0 saturated heterocycles. The molecule has 1 aliphatic rings. The van der Waals surface area contributed by atoms with Crippen LogP contribution in [0.3, 0.4) is 0 Å². The van der Waals surface area contributed by atoms with Gasteiger partial charge in [0.25, 0.3) is 5.91 Å². The summed E-state index contributed by atoms with van der Waals surface area (Å²) in [5, 5.41) is 9.82. The van der Waals surface area contributed by atoms with Crippen LogP contribution < -0.4 is 34.9 Å². The molecule has 0 aromatic heterocycles. The Hall–Kier alpha value is -3.17. The summed E-state index contributed by atoms with van der Waals surface area (Å²) >= 11 is 11.5. The van der Waals surface area contributed by atoms with Crippen molar-refractivity contribution in [2.75, 3.05) is 33.8 Å². The van der Waals surface area contributed by atoms with Crippen LogP contribution in [0.4, 0.5) is 5.69 Å². The van der Waals surface area contributed by atoms with E-state index in [4.69, 9.17) is 42.8 Å². The van der Waals surface area contributed by atoms with E-state index in [9.17, 15) is 4.79 Å². The van der Waals surface area contributed by atoms with Gasteiger partial charge in [-0.1, -0.05) is 11.6 Å². The van der Waals surface area contributed by atoms with E-state index in [1.54, 1.807) is 45.4 Å². The van der Waals surface area contributed by atoms with Crippen LogP contribution in [0.5, 0.6) is 23.0 Å². The SMILES string of the molecule is COc1ccc([C@@H]2NC(=S)NC(C)=C2C(=O)Nc2cc(OC)c(Cl)cc2OC)c(OC)c1. The van der Waals surface area contributed by atoms with Crippen molar-refractivity contribution in [3.05, 3.63) is 52.2 Å². The van der Waals surface area contributed by atoms with E-state index in [1.165, 1.54) is 14.2 Å². The molecule has 3 rings (SSSR count). The molecule has 3 N–H and O–H groups in total. The monoisotopic (exact) mass is 477 g/mol. The van der Waals surface area contributed by atoms with Crippen LogP contribution in [0.25, 0.3) is 0 Å². The van der Waals surface area contributed by atoms with Gasteiger partial charge in [0.15, 0.2) is 5.11 Å². The van der Waals surface area contributed by atoms with E-state index in [2.05, 4.69) is 16.0 Å². The molecule has 32 heavy (non-hydrogen) atoms. The summed E-state index contributed by atoms with van der Waals surface area (Å²) in [4.78, 5) is 13.5. The molecule has 1 heterocycles. The lowest BCUT2D eigenvalue weighted by Crippen LogP contribution is -2.45. The van der Waals surface area contributed by atoms with Crippen molar-refractivity contribution in [3.63, 3.8) is 0 Å². The topological polar surface area (TPSA) is 90.1 Å². The van der Waals surface area contributed by atoms with Gasteiger partial charge in [-0.25, -0.2) is 0 Å². The third-order valence-corrected chi connectivity index (χ3v) is 5.50. The van der Waals surface area contributed by atoms with Crippen molar-refractivity contribution in [1.29, 1.82) is 0 Å². The van der Waals surface area contributed by atoms with Gasteiger partial charge in [-0.2, -0.15) is 0 Å². The van der Waals surface area contributed by atoms with Crippen LogP contribution in [0.15, 0.2) is 41.6 Å². The number of hydrogen-bond acceptors (Lipinski definition) is 6. The maximum absolute atomic E-state index is 13.5. The van der Waals surface area contributed by atoms with E-state index in [1.807, 2.05) is 6.07 Å². The molecule has 8 nitrogen and oxygen atoms in total. The van der Waals surface area contributed by atoms with Crippen molar-refractivity contribution >= 4 is 40.5 Å². The van der Waals surface area contributed by atoms with Gasteiger partial charge in [0.1, 0.15) is 23.0 Å². The third-order valence-electron chi connectivity index (χ3n) is 4.99. The first-order valence-corrected chi connectivity index (χ1v) is 10.3. The lowest BCUT2D eigenvalue weighted by molar-refractivity contribution is -0.113. The predicted octanol–water partition coefficient (Wildman–Crippen LogP) is 3.81. The molecule has 0 fully saturated rings. The molecule has 10 heteroatoms. The summed E-state index contributed by atoms with van der Waals surface area (Å²) in [6, 6.07) is 7.99. The molecule has 1 aliphatic heterocycles. The average Bonchev–Trinajstić information content (AvgIpc) is 2.78. The molecule has 1 amide bonds. The van der Waals surface area contributed by atoms with Crippen LogP contribution in [-0.2, 0) is 4.79 Å². The van der Waals surface area contributed by atoms with E-state index in [0.717, 1.165) is 5.56 Å². The summed E-state index contributed by atoms with van der Waals surface area (Å²) in [5.74, 6) is 1.62. The minimum Gasteiger partial charge on any atom is -0.497 e. The second-order valence-corrected chi connectivity index (χ2v) is 7.63. The zero-order valence-electron chi connectivity index (χ0n) is 18.3. The Morgan fingerprint density at radius 1 is 1.00 bits per heavy atom. The number of carbonyl (C=O) groups excluding carboxylic acids is 1. The number of methoxy groups -OCH3 is 4. The molecular weight excluding hydrogens is 454 g/mol. The third kappa shape index (κ3) is 4.68. The molecule has 0 bridgehead atoms. The fraction of sp³-hybridized carbons (Fsp3) is 0.273. The van der Waals surface area contributed by atoms with Gasteiger partial charge >= 0.3 is 0 Å². The van der Waals surface area contributed by atoms with Gasteiger partial charge in [-0.3, -0.25) is 4.79 Å². The number of thiocarbonyl (C=S) groups is 1. The molecular formula is C22H24ClN3O5S. The smallest absolute Gasteiger partial charge is 0.255 e. The van der Waals surface area contributed by atoms with E-state index < -0.39 is 6.04 Å². The molecule has 0 radical (unpaired) electrons. The maximum atomic E-state index is 13.5. The number of allylic oxidation sites excluding steroid dienone is 1. The minimum atomic E-state index is -0.565. The highest BCUT2D eigenvalue weighted by Crippen LogP contribution is 2.38. The summed E-state index contributed by atoms with van der Waals surface area (Å²) in [5.41, 5.74) is 2.17. The number of halogens is 1. The fourth-order valence-electron chi connectivity index (χ4n) is 3.43. The van der Waals surface area contributed by atoms with E-state index in [-0.39, 0.29) is 5.91 Å². The summed E-state index contributed by atoms with van der Waals surface area (Å²) in [7, 11) is 6.11. The van der Waals surface area contributed by atoms with Gasteiger partial charge in [-0.15, -0.1) is 0 Å². The Labute approximate surface area is 196 Å². The van der Waals surface area contributed by atoms with Crippen molar-refractivity contribution in [3.8, 4) is 23.0 Å². The molecule has 1 atom stereocenters. The molecule has 2 aromatic rings. The number of ether oxygens (including phenoxy) is 4. The number of rotatable bonds is 7. The van der Waals surface area contributed by atoms with Crippen LogP contribution in [-0.4, -0.2) is 39.5 Å². The van der Waals surface area contributed by atoms with Crippen LogP contribution in [0.1, 0.15) is 18.5 Å². The van der Waals surface area contributed by atoms with Gasteiger partial charge < -0.3 is 34.9 Å². The molecule has 0 aliphatic carbocycles. The normalized spacial score (nSPS) is 15.4. The Morgan fingerprint density at radius 3 is 2.31 bits per heavy atom. The predicted molar refractivity (Wildman–Crippen MR) is 127 cm³/mol. The van der Waals surface area contributed by atoms with Crippen molar-refractivity contribution in [2.45, 2.75) is 13.0 Å².